The third-order valence-electron chi connectivity index (χ3n) is 2.01. The van der Waals surface area contributed by atoms with Crippen LogP contribution in [0.3, 0.4) is 0 Å². The highest BCUT2D eigenvalue weighted by atomic mass is 79.9. The number of amides is 1. The van der Waals surface area contributed by atoms with Gasteiger partial charge in [0.25, 0.3) is 0 Å². The average Bonchev–Trinajstić information content (AvgIpc) is 2.24. The normalized spacial score (nSPS) is 10.2. The van der Waals surface area contributed by atoms with Crippen molar-refractivity contribution in [3.63, 3.8) is 0 Å². The monoisotopic (exact) mass is 300 g/mol. The van der Waals surface area contributed by atoms with Gasteiger partial charge in [-0.15, -0.1) is 0 Å². The van der Waals surface area contributed by atoms with Crippen LogP contribution in [0.4, 0.5) is 5.69 Å². The third kappa shape index (κ3) is 5.08. The van der Waals surface area contributed by atoms with Crippen LogP contribution in [0.2, 0.25) is 0 Å². The Bertz CT molecular complexity index is 394. The van der Waals surface area contributed by atoms with Crippen LogP contribution in [-0.2, 0) is 4.79 Å². The SMILES string of the molecule is COc1cc(Br)cc(NCC(=O)NC(C)C)c1. The van der Waals surface area contributed by atoms with Crippen molar-refractivity contribution in [1.29, 1.82) is 0 Å². The molecular weight excluding hydrogens is 284 g/mol. The summed E-state index contributed by atoms with van der Waals surface area (Å²) >= 11 is 3.38. The number of methoxy groups -OCH3 is 1. The lowest BCUT2D eigenvalue weighted by atomic mass is 10.3. The van der Waals surface area contributed by atoms with Crippen molar-refractivity contribution in [3.05, 3.63) is 22.7 Å². The molecule has 17 heavy (non-hydrogen) atoms. The van der Waals surface area contributed by atoms with E-state index in [1.165, 1.54) is 0 Å². The van der Waals surface area contributed by atoms with E-state index in [1.807, 2.05) is 32.0 Å². The molecule has 0 aliphatic heterocycles. The molecule has 1 rings (SSSR count). The minimum absolute atomic E-state index is 0.0288. The molecule has 94 valence electrons. The van der Waals surface area contributed by atoms with E-state index in [4.69, 9.17) is 4.74 Å². The summed E-state index contributed by atoms with van der Waals surface area (Å²) in [6.45, 7) is 4.11. The van der Waals surface area contributed by atoms with E-state index in [0.29, 0.717) is 0 Å². The number of hydrogen-bond donors (Lipinski definition) is 2. The molecule has 4 nitrogen and oxygen atoms in total. The number of carbonyl (C=O) groups is 1. The summed E-state index contributed by atoms with van der Waals surface area (Å²) in [5, 5.41) is 5.86. The Kier molecular flexibility index (Phi) is 5.28. The first-order valence-electron chi connectivity index (χ1n) is 5.39. The summed E-state index contributed by atoms with van der Waals surface area (Å²) in [4.78, 5) is 11.4. The zero-order chi connectivity index (χ0) is 12.8. The molecule has 2 N–H and O–H groups in total. The summed E-state index contributed by atoms with van der Waals surface area (Å²) in [6, 6.07) is 5.75. The van der Waals surface area contributed by atoms with E-state index >= 15 is 0 Å². The highest BCUT2D eigenvalue weighted by molar-refractivity contribution is 9.10. The molecule has 0 unspecified atom stereocenters. The van der Waals surface area contributed by atoms with Crippen LogP contribution in [-0.4, -0.2) is 25.6 Å². The van der Waals surface area contributed by atoms with Gasteiger partial charge in [0, 0.05) is 22.3 Å². The minimum Gasteiger partial charge on any atom is -0.497 e. The predicted molar refractivity (Wildman–Crippen MR) is 72.5 cm³/mol. The fourth-order valence-electron chi connectivity index (χ4n) is 1.34. The van der Waals surface area contributed by atoms with E-state index in [2.05, 4.69) is 26.6 Å². The van der Waals surface area contributed by atoms with Crippen molar-refractivity contribution in [2.45, 2.75) is 19.9 Å². The highest BCUT2D eigenvalue weighted by Gasteiger charge is 2.04. The average molecular weight is 301 g/mol. The van der Waals surface area contributed by atoms with Crippen LogP contribution in [0.15, 0.2) is 22.7 Å². The Morgan fingerprint density at radius 3 is 2.71 bits per heavy atom. The summed E-state index contributed by atoms with van der Waals surface area (Å²) in [7, 11) is 1.61. The first-order valence-corrected chi connectivity index (χ1v) is 6.18. The molecule has 0 aromatic heterocycles. The fourth-order valence-corrected chi connectivity index (χ4v) is 1.81. The van der Waals surface area contributed by atoms with Crippen molar-refractivity contribution in [2.24, 2.45) is 0 Å². The van der Waals surface area contributed by atoms with Gasteiger partial charge < -0.3 is 15.4 Å². The lowest BCUT2D eigenvalue weighted by Crippen LogP contribution is -2.34. The van der Waals surface area contributed by atoms with Gasteiger partial charge in [-0.25, -0.2) is 0 Å². The predicted octanol–water partition coefficient (Wildman–Crippen LogP) is 2.39. The molecule has 1 aromatic carbocycles. The Morgan fingerprint density at radius 1 is 1.41 bits per heavy atom. The second-order valence-corrected chi connectivity index (χ2v) is 4.87. The van der Waals surface area contributed by atoms with E-state index < -0.39 is 0 Å². The molecule has 0 fully saturated rings. The fraction of sp³-hybridized carbons (Fsp3) is 0.417. The molecule has 0 saturated heterocycles. The number of carbonyl (C=O) groups excluding carboxylic acids is 1. The highest BCUT2D eigenvalue weighted by Crippen LogP contribution is 2.24. The second kappa shape index (κ2) is 6.49. The maximum Gasteiger partial charge on any atom is 0.239 e. The molecule has 5 heteroatoms. The van der Waals surface area contributed by atoms with Crippen LogP contribution in [0.25, 0.3) is 0 Å². The number of rotatable bonds is 5. The van der Waals surface area contributed by atoms with Crippen LogP contribution in [0.5, 0.6) is 5.75 Å². The molecule has 0 aliphatic rings. The van der Waals surface area contributed by atoms with Crippen LogP contribution >= 0.6 is 15.9 Å². The molecule has 0 saturated carbocycles. The van der Waals surface area contributed by atoms with E-state index in [9.17, 15) is 4.79 Å². The number of ether oxygens (including phenoxy) is 1. The Balaban J connectivity index is 2.57. The van der Waals surface area contributed by atoms with Crippen molar-refractivity contribution in [1.82, 2.24) is 5.32 Å². The number of benzene rings is 1. The van der Waals surface area contributed by atoms with E-state index in [0.717, 1.165) is 15.9 Å². The molecule has 0 radical (unpaired) electrons. The first kappa shape index (κ1) is 13.8. The quantitative estimate of drug-likeness (QED) is 0.878. The van der Waals surface area contributed by atoms with Gasteiger partial charge in [0.15, 0.2) is 0 Å². The summed E-state index contributed by atoms with van der Waals surface area (Å²) in [6.07, 6.45) is 0. The summed E-state index contributed by atoms with van der Waals surface area (Å²) in [5.41, 5.74) is 0.843. The smallest absolute Gasteiger partial charge is 0.239 e. The van der Waals surface area contributed by atoms with Gasteiger partial charge in [-0.2, -0.15) is 0 Å². The van der Waals surface area contributed by atoms with Gasteiger partial charge in [-0.05, 0) is 26.0 Å². The maximum atomic E-state index is 11.4. The lowest BCUT2D eigenvalue weighted by Gasteiger charge is -2.11. The van der Waals surface area contributed by atoms with Gasteiger partial charge in [-0.1, -0.05) is 15.9 Å². The van der Waals surface area contributed by atoms with Crippen LogP contribution in [0, 0.1) is 0 Å². The second-order valence-electron chi connectivity index (χ2n) is 3.96. The van der Waals surface area contributed by atoms with Crippen LogP contribution in [0.1, 0.15) is 13.8 Å². The van der Waals surface area contributed by atoms with E-state index in [1.54, 1.807) is 7.11 Å². The van der Waals surface area contributed by atoms with Gasteiger partial charge >= 0.3 is 0 Å². The maximum absolute atomic E-state index is 11.4. The number of nitrogens with one attached hydrogen (secondary N) is 2. The molecule has 0 heterocycles. The molecule has 1 aromatic rings. The molecule has 1 amide bonds. The van der Waals surface area contributed by atoms with Gasteiger partial charge in [-0.3, -0.25) is 4.79 Å². The largest absolute Gasteiger partial charge is 0.497 e. The minimum atomic E-state index is -0.0288. The van der Waals surface area contributed by atoms with Crippen LogP contribution < -0.4 is 15.4 Å². The molecule has 0 bridgehead atoms. The molecular formula is C12H17BrN2O2. The Labute approximate surface area is 110 Å². The molecule has 0 spiro atoms. The number of halogens is 1. The standard InChI is InChI=1S/C12H17BrN2O2/c1-8(2)15-12(16)7-14-10-4-9(13)5-11(6-10)17-3/h4-6,8,14H,7H2,1-3H3,(H,15,16). The summed E-state index contributed by atoms with van der Waals surface area (Å²) in [5.74, 6) is 0.713. The number of hydrogen-bond acceptors (Lipinski definition) is 3. The van der Waals surface area contributed by atoms with Crippen molar-refractivity contribution >= 4 is 27.5 Å². The molecule has 0 aliphatic carbocycles. The Morgan fingerprint density at radius 2 is 2.12 bits per heavy atom. The topological polar surface area (TPSA) is 50.4 Å². The zero-order valence-corrected chi connectivity index (χ0v) is 11.8. The third-order valence-corrected chi connectivity index (χ3v) is 2.47. The van der Waals surface area contributed by atoms with Gasteiger partial charge in [0.05, 0.1) is 13.7 Å². The van der Waals surface area contributed by atoms with E-state index in [-0.39, 0.29) is 18.5 Å². The lowest BCUT2D eigenvalue weighted by molar-refractivity contribution is -0.119. The Hall–Kier alpha value is -1.23. The van der Waals surface area contributed by atoms with Gasteiger partial charge in [0.1, 0.15) is 5.75 Å². The molecule has 0 atom stereocenters. The van der Waals surface area contributed by atoms with Crippen molar-refractivity contribution in [2.75, 3.05) is 19.0 Å². The first-order chi connectivity index (χ1) is 8.01. The summed E-state index contributed by atoms with van der Waals surface area (Å²) < 4.78 is 6.04. The number of anilines is 1. The van der Waals surface area contributed by atoms with Gasteiger partial charge in [0.2, 0.25) is 5.91 Å². The van der Waals surface area contributed by atoms with Crippen molar-refractivity contribution in [3.8, 4) is 5.75 Å². The zero-order valence-electron chi connectivity index (χ0n) is 10.2. The van der Waals surface area contributed by atoms with Crippen molar-refractivity contribution < 1.29 is 9.53 Å².